The van der Waals surface area contributed by atoms with Gasteiger partial charge in [-0.05, 0) is 45.4 Å². The van der Waals surface area contributed by atoms with Gasteiger partial charge < -0.3 is 10.2 Å². The predicted octanol–water partition coefficient (Wildman–Crippen LogP) is 2.70. The highest BCUT2D eigenvalue weighted by Crippen LogP contribution is 2.41. The van der Waals surface area contributed by atoms with E-state index in [0.717, 1.165) is 30.8 Å². The van der Waals surface area contributed by atoms with Crippen LogP contribution in [0.1, 0.15) is 39.7 Å². The van der Waals surface area contributed by atoms with Crippen LogP contribution in [0.3, 0.4) is 0 Å². The molecule has 0 fully saturated rings. The Morgan fingerprint density at radius 1 is 1.32 bits per heavy atom. The molecule has 2 rings (SSSR count). The fourth-order valence-corrected chi connectivity index (χ4v) is 2.71. The van der Waals surface area contributed by atoms with Crippen LogP contribution in [0.4, 0.5) is 5.69 Å². The summed E-state index contributed by atoms with van der Waals surface area (Å²) in [5.74, 6) is 0.207. The van der Waals surface area contributed by atoms with E-state index in [-0.39, 0.29) is 5.91 Å². The summed E-state index contributed by atoms with van der Waals surface area (Å²) in [5, 5.41) is 3.44. The van der Waals surface area contributed by atoms with Gasteiger partial charge in [0.05, 0.1) is 5.41 Å². The van der Waals surface area contributed by atoms with Crippen LogP contribution in [-0.2, 0) is 10.2 Å². The summed E-state index contributed by atoms with van der Waals surface area (Å²) in [6.45, 7) is 10.0. The van der Waals surface area contributed by atoms with Gasteiger partial charge in [-0.15, -0.1) is 0 Å². The van der Waals surface area contributed by atoms with Gasteiger partial charge in [0.2, 0.25) is 5.91 Å². The van der Waals surface area contributed by atoms with Crippen LogP contribution in [0.25, 0.3) is 0 Å². The number of nitrogens with zero attached hydrogens (tertiary/aromatic N) is 1. The quantitative estimate of drug-likeness (QED) is 0.883. The molecule has 3 heteroatoms. The Kier molecular flexibility index (Phi) is 3.95. The second kappa shape index (κ2) is 5.33. The molecular formula is C16H24N2O. The minimum absolute atomic E-state index is 0.207. The first kappa shape index (κ1) is 14.1. The largest absolute Gasteiger partial charge is 0.312 e. The maximum atomic E-state index is 12.6. The Balaban J connectivity index is 2.20. The molecule has 104 valence electrons. The van der Waals surface area contributed by atoms with Crippen molar-refractivity contribution in [1.29, 1.82) is 0 Å². The third kappa shape index (κ3) is 2.52. The normalized spacial score (nSPS) is 18.5. The van der Waals surface area contributed by atoms with E-state index in [0.29, 0.717) is 6.04 Å². The van der Waals surface area contributed by atoms with E-state index in [9.17, 15) is 4.79 Å². The maximum Gasteiger partial charge on any atom is 0.237 e. The van der Waals surface area contributed by atoms with Crippen molar-refractivity contribution in [3.8, 4) is 0 Å². The van der Waals surface area contributed by atoms with E-state index in [1.165, 1.54) is 0 Å². The van der Waals surface area contributed by atoms with Gasteiger partial charge in [0.25, 0.3) is 0 Å². The van der Waals surface area contributed by atoms with Crippen LogP contribution in [0.2, 0.25) is 0 Å². The van der Waals surface area contributed by atoms with Crippen molar-refractivity contribution in [2.45, 2.75) is 45.6 Å². The van der Waals surface area contributed by atoms with Crippen molar-refractivity contribution in [2.24, 2.45) is 0 Å². The monoisotopic (exact) mass is 260 g/mol. The summed E-state index contributed by atoms with van der Waals surface area (Å²) < 4.78 is 0. The van der Waals surface area contributed by atoms with Gasteiger partial charge in [0.15, 0.2) is 0 Å². The molecule has 1 aliphatic rings. The minimum Gasteiger partial charge on any atom is -0.312 e. The molecule has 0 saturated heterocycles. The molecule has 0 radical (unpaired) electrons. The molecule has 1 aromatic rings. The minimum atomic E-state index is -0.402. The molecule has 1 aliphatic heterocycles. The van der Waals surface area contributed by atoms with Crippen LogP contribution in [0.15, 0.2) is 24.3 Å². The number of hydrogen-bond acceptors (Lipinski definition) is 2. The van der Waals surface area contributed by atoms with Crippen molar-refractivity contribution in [3.63, 3.8) is 0 Å². The van der Waals surface area contributed by atoms with E-state index in [1.807, 2.05) is 30.9 Å². The van der Waals surface area contributed by atoms with E-state index in [4.69, 9.17) is 0 Å². The highest BCUT2D eigenvalue weighted by molar-refractivity contribution is 6.07. The van der Waals surface area contributed by atoms with Gasteiger partial charge in [0, 0.05) is 18.3 Å². The maximum absolute atomic E-state index is 12.6. The lowest BCUT2D eigenvalue weighted by atomic mass is 9.86. The van der Waals surface area contributed by atoms with Crippen molar-refractivity contribution >= 4 is 11.6 Å². The third-order valence-electron chi connectivity index (χ3n) is 3.85. The van der Waals surface area contributed by atoms with E-state index in [2.05, 4.69) is 31.3 Å². The lowest BCUT2D eigenvalue weighted by Crippen LogP contribution is -2.44. The number of amides is 1. The molecule has 1 amide bonds. The number of benzene rings is 1. The lowest BCUT2D eigenvalue weighted by Gasteiger charge is -2.24. The molecule has 1 atom stereocenters. The molecule has 1 aromatic carbocycles. The molecule has 0 aliphatic carbocycles. The topological polar surface area (TPSA) is 32.3 Å². The zero-order valence-electron chi connectivity index (χ0n) is 12.4. The van der Waals surface area contributed by atoms with Gasteiger partial charge in [-0.3, -0.25) is 4.79 Å². The molecule has 0 saturated carbocycles. The van der Waals surface area contributed by atoms with Gasteiger partial charge >= 0.3 is 0 Å². The average molecular weight is 260 g/mol. The number of nitrogens with one attached hydrogen (secondary N) is 1. The number of carbonyl (C=O) groups is 1. The van der Waals surface area contributed by atoms with Crippen LogP contribution >= 0.6 is 0 Å². The number of anilines is 1. The molecular weight excluding hydrogens is 236 g/mol. The first-order valence-corrected chi connectivity index (χ1v) is 7.13. The fraction of sp³-hybridized carbons (Fsp3) is 0.562. The smallest absolute Gasteiger partial charge is 0.237 e. The number of rotatable bonds is 5. The number of fused-ring (bicyclic) bond motifs is 1. The first-order chi connectivity index (χ1) is 8.98. The summed E-state index contributed by atoms with van der Waals surface area (Å²) in [6, 6.07) is 8.44. The van der Waals surface area contributed by atoms with Gasteiger partial charge in [-0.2, -0.15) is 0 Å². The number of carbonyl (C=O) groups excluding carboxylic acids is 1. The Labute approximate surface area is 116 Å². The molecule has 1 heterocycles. The summed E-state index contributed by atoms with van der Waals surface area (Å²) in [7, 11) is 0. The van der Waals surface area contributed by atoms with Crippen LogP contribution < -0.4 is 10.2 Å². The Morgan fingerprint density at radius 2 is 2.00 bits per heavy atom. The Morgan fingerprint density at radius 3 is 2.68 bits per heavy atom. The highest BCUT2D eigenvalue weighted by Gasteiger charge is 2.43. The summed E-state index contributed by atoms with van der Waals surface area (Å²) in [6.07, 6.45) is 1.11. The molecule has 0 spiro atoms. The summed E-state index contributed by atoms with van der Waals surface area (Å²) in [4.78, 5) is 14.5. The SMILES string of the molecule is CCCNC(C)CN1C(=O)C(C)(C)c2ccccc21. The van der Waals surface area contributed by atoms with Crippen LogP contribution in [0, 0.1) is 0 Å². The lowest BCUT2D eigenvalue weighted by molar-refractivity contribution is -0.122. The highest BCUT2D eigenvalue weighted by atomic mass is 16.2. The third-order valence-corrected chi connectivity index (χ3v) is 3.85. The van der Waals surface area contributed by atoms with Crippen LogP contribution in [0.5, 0.6) is 0 Å². The zero-order valence-corrected chi connectivity index (χ0v) is 12.4. The second-order valence-corrected chi connectivity index (χ2v) is 5.91. The Bertz CT molecular complexity index is 468. The molecule has 0 aromatic heterocycles. The van der Waals surface area contributed by atoms with E-state index in [1.54, 1.807) is 0 Å². The number of para-hydroxylation sites is 1. The summed E-state index contributed by atoms with van der Waals surface area (Å²) >= 11 is 0. The van der Waals surface area contributed by atoms with Crippen molar-refractivity contribution in [2.75, 3.05) is 18.0 Å². The standard InChI is InChI=1S/C16H24N2O/c1-5-10-17-12(2)11-18-14-9-7-6-8-13(14)16(3,4)15(18)19/h6-9,12,17H,5,10-11H2,1-4H3. The van der Waals surface area contributed by atoms with Crippen LogP contribution in [-0.4, -0.2) is 25.0 Å². The van der Waals surface area contributed by atoms with Gasteiger partial charge in [-0.25, -0.2) is 0 Å². The zero-order chi connectivity index (χ0) is 14.0. The molecule has 3 nitrogen and oxygen atoms in total. The van der Waals surface area contributed by atoms with Crippen molar-refractivity contribution < 1.29 is 4.79 Å². The summed E-state index contributed by atoms with van der Waals surface area (Å²) in [5.41, 5.74) is 1.81. The predicted molar refractivity (Wildman–Crippen MR) is 79.6 cm³/mol. The molecule has 19 heavy (non-hydrogen) atoms. The van der Waals surface area contributed by atoms with E-state index >= 15 is 0 Å². The molecule has 1 unspecified atom stereocenters. The first-order valence-electron chi connectivity index (χ1n) is 7.13. The van der Waals surface area contributed by atoms with Gasteiger partial charge in [0.1, 0.15) is 0 Å². The van der Waals surface area contributed by atoms with Crippen molar-refractivity contribution in [1.82, 2.24) is 5.32 Å². The van der Waals surface area contributed by atoms with Gasteiger partial charge in [-0.1, -0.05) is 25.1 Å². The van der Waals surface area contributed by atoms with E-state index < -0.39 is 5.41 Å². The fourth-order valence-electron chi connectivity index (χ4n) is 2.71. The average Bonchev–Trinajstić information content (AvgIpc) is 2.58. The molecule has 1 N–H and O–H groups in total. The number of hydrogen-bond donors (Lipinski definition) is 1. The Hall–Kier alpha value is -1.35. The van der Waals surface area contributed by atoms with Crippen molar-refractivity contribution in [3.05, 3.63) is 29.8 Å². The molecule has 0 bridgehead atoms. The second-order valence-electron chi connectivity index (χ2n) is 5.91.